The molecule has 0 fully saturated rings. The van der Waals surface area contributed by atoms with Gasteiger partial charge >= 0.3 is 0 Å². The number of halogens is 2. The molecule has 0 spiro atoms. The Labute approximate surface area is 137 Å². The largest absolute Gasteiger partial charge is 0.455 e. The second-order valence-corrected chi connectivity index (χ2v) is 6.76. The zero-order chi connectivity index (χ0) is 15.2. The van der Waals surface area contributed by atoms with Crippen LogP contribution in [-0.4, -0.2) is 16.7 Å². The smallest absolute Gasteiger partial charge is 0.152 e. The molecular weight excluding hydrogens is 354 g/mol. The average molecular weight is 369 g/mol. The number of aryl methyl sites for hydroxylation is 1. The van der Waals surface area contributed by atoms with Crippen molar-refractivity contribution >= 4 is 27.5 Å². The number of benzene rings is 1. The number of ether oxygens (including phenoxy) is 1. The van der Waals surface area contributed by atoms with Crippen LogP contribution in [0.5, 0.6) is 11.5 Å². The van der Waals surface area contributed by atoms with E-state index < -0.39 is 0 Å². The molecule has 110 valence electrons. The van der Waals surface area contributed by atoms with E-state index in [-0.39, 0.29) is 12.0 Å². The lowest BCUT2D eigenvalue weighted by atomic mass is 9.72. The van der Waals surface area contributed by atoms with E-state index in [9.17, 15) is 5.11 Å². The van der Waals surface area contributed by atoms with Gasteiger partial charge in [-0.15, -0.1) is 0 Å². The second-order valence-electron chi connectivity index (χ2n) is 5.46. The number of fused-ring (bicyclic) bond motifs is 2. The second kappa shape index (κ2) is 5.27. The summed E-state index contributed by atoms with van der Waals surface area (Å²) in [7, 11) is 0. The molecule has 0 amide bonds. The van der Waals surface area contributed by atoms with E-state index >= 15 is 0 Å². The molecule has 1 aromatic carbocycles. The standard InChI is InChI=1S/C16H15BrClNO2/c1-9-15-12(8-14(18)19-9)16(2,5-6-20)11-7-10(17)3-4-13(11)21-15/h3-4,7-8,20H,5-6H2,1-2H3. The molecule has 21 heavy (non-hydrogen) atoms. The van der Waals surface area contributed by atoms with Crippen LogP contribution in [0.1, 0.15) is 30.2 Å². The van der Waals surface area contributed by atoms with Crippen LogP contribution in [0.4, 0.5) is 0 Å². The van der Waals surface area contributed by atoms with Gasteiger partial charge < -0.3 is 9.84 Å². The Kier molecular flexibility index (Phi) is 3.72. The van der Waals surface area contributed by atoms with Crippen LogP contribution in [0.3, 0.4) is 0 Å². The summed E-state index contributed by atoms with van der Waals surface area (Å²) in [5, 5.41) is 9.98. The molecule has 1 atom stereocenters. The van der Waals surface area contributed by atoms with Crippen LogP contribution in [-0.2, 0) is 5.41 Å². The van der Waals surface area contributed by atoms with Crippen LogP contribution in [0.2, 0.25) is 5.15 Å². The quantitative estimate of drug-likeness (QED) is 0.788. The molecule has 0 aliphatic carbocycles. The van der Waals surface area contributed by atoms with Crippen molar-refractivity contribution in [1.82, 2.24) is 4.98 Å². The first-order valence-corrected chi connectivity index (χ1v) is 7.89. The van der Waals surface area contributed by atoms with E-state index in [1.54, 1.807) is 0 Å². The lowest BCUT2D eigenvalue weighted by Gasteiger charge is -2.37. The number of aromatic nitrogens is 1. The Morgan fingerprint density at radius 3 is 2.81 bits per heavy atom. The van der Waals surface area contributed by atoms with Crippen molar-refractivity contribution in [2.24, 2.45) is 0 Å². The molecule has 1 aliphatic heterocycles. The molecule has 1 aromatic heterocycles. The Morgan fingerprint density at radius 2 is 2.10 bits per heavy atom. The number of rotatable bonds is 2. The predicted molar refractivity (Wildman–Crippen MR) is 86.4 cm³/mol. The summed E-state index contributed by atoms with van der Waals surface area (Å²) < 4.78 is 7.02. The Hall–Kier alpha value is -1.10. The van der Waals surface area contributed by atoms with Gasteiger partial charge in [0.1, 0.15) is 10.9 Å². The molecule has 5 heteroatoms. The highest BCUT2D eigenvalue weighted by Crippen LogP contribution is 2.51. The first-order chi connectivity index (χ1) is 9.95. The van der Waals surface area contributed by atoms with Gasteiger partial charge in [-0.25, -0.2) is 4.98 Å². The maximum absolute atomic E-state index is 9.54. The van der Waals surface area contributed by atoms with Gasteiger partial charge in [0.15, 0.2) is 5.75 Å². The number of pyridine rings is 1. The van der Waals surface area contributed by atoms with Gasteiger partial charge in [-0.1, -0.05) is 34.5 Å². The van der Waals surface area contributed by atoms with Crippen molar-refractivity contribution in [1.29, 1.82) is 0 Å². The summed E-state index contributed by atoms with van der Waals surface area (Å²) in [5.74, 6) is 1.54. The van der Waals surface area contributed by atoms with Crippen molar-refractivity contribution < 1.29 is 9.84 Å². The predicted octanol–water partition coefficient (Wildman–Crippen LogP) is 4.60. The SMILES string of the molecule is Cc1nc(Cl)cc2c1Oc1ccc(Br)cc1C2(C)CCO. The van der Waals surface area contributed by atoms with Gasteiger partial charge in [-0.2, -0.15) is 0 Å². The zero-order valence-corrected chi connectivity index (χ0v) is 14.1. The van der Waals surface area contributed by atoms with Gasteiger partial charge in [0, 0.05) is 27.6 Å². The minimum Gasteiger partial charge on any atom is -0.455 e. The van der Waals surface area contributed by atoms with Crippen LogP contribution in [0.15, 0.2) is 28.7 Å². The van der Waals surface area contributed by atoms with Gasteiger partial charge in [-0.05, 0) is 37.6 Å². The fourth-order valence-corrected chi connectivity index (χ4v) is 3.53. The number of hydrogen-bond donors (Lipinski definition) is 1. The van der Waals surface area contributed by atoms with Crippen molar-refractivity contribution in [3.8, 4) is 11.5 Å². The van der Waals surface area contributed by atoms with Crippen LogP contribution < -0.4 is 4.74 Å². The average Bonchev–Trinajstić information content (AvgIpc) is 2.42. The van der Waals surface area contributed by atoms with E-state index in [0.717, 1.165) is 32.8 Å². The third-order valence-corrected chi connectivity index (χ3v) is 4.75. The Balaban J connectivity index is 2.30. The molecule has 2 aromatic rings. The highest BCUT2D eigenvalue weighted by Gasteiger charge is 2.39. The van der Waals surface area contributed by atoms with Crippen molar-refractivity contribution in [2.45, 2.75) is 25.7 Å². The molecule has 1 unspecified atom stereocenters. The molecule has 1 aliphatic rings. The number of aliphatic hydroxyl groups is 1. The fraction of sp³-hybridized carbons (Fsp3) is 0.312. The molecule has 0 bridgehead atoms. The lowest BCUT2D eigenvalue weighted by Crippen LogP contribution is -2.30. The third-order valence-electron chi connectivity index (χ3n) is 4.07. The molecule has 0 radical (unpaired) electrons. The maximum atomic E-state index is 9.54. The maximum Gasteiger partial charge on any atom is 0.152 e. The van der Waals surface area contributed by atoms with Crippen molar-refractivity contribution in [3.63, 3.8) is 0 Å². The lowest BCUT2D eigenvalue weighted by molar-refractivity contribution is 0.251. The summed E-state index contributed by atoms with van der Waals surface area (Å²) in [6, 6.07) is 7.76. The molecule has 0 saturated heterocycles. The van der Waals surface area contributed by atoms with Gasteiger partial charge in [0.2, 0.25) is 0 Å². The molecule has 3 nitrogen and oxygen atoms in total. The van der Waals surface area contributed by atoms with E-state index in [1.165, 1.54) is 0 Å². The molecule has 1 N–H and O–H groups in total. The Morgan fingerprint density at radius 1 is 1.33 bits per heavy atom. The third kappa shape index (κ3) is 2.35. The summed E-state index contributed by atoms with van der Waals surface area (Å²) in [5.41, 5.74) is 2.41. The molecular formula is C16H15BrClNO2. The van der Waals surface area contributed by atoms with Crippen molar-refractivity contribution in [3.05, 3.63) is 50.7 Å². The first kappa shape index (κ1) is 14.8. The molecule has 0 saturated carbocycles. The molecule has 2 heterocycles. The molecule has 3 rings (SSSR count). The van der Waals surface area contributed by atoms with E-state index in [0.29, 0.717) is 11.6 Å². The minimum atomic E-state index is -0.362. The van der Waals surface area contributed by atoms with Crippen molar-refractivity contribution in [2.75, 3.05) is 6.61 Å². The van der Waals surface area contributed by atoms with Crippen LogP contribution in [0, 0.1) is 6.92 Å². The topological polar surface area (TPSA) is 42.4 Å². The minimum absolute atomic E-state index is 0.0842. The Bertz CT molecular complexity index is 720. The normalized spacial score (nSPS) is 19.7. The first-order valence-electron chi connectivity index (χ1n) is 6.72. The summed E-state index contributed by atoms with van der Waals surface area (Å²) in [4.78, 5) is 4.27. The summed E-state index contributed by atoms with van der Waals surface area (Å²) in [6.07, 6.45) is 0.590. The summed E-state index contributed by atoms with van der Waals surface area (Å²) in [6.45, 7) is 4.07. The number of nitrogens with zero attached hydrogens (tertiary/aromatic N) is 1. The van der Waals surface area contributed by atoms with Crippen LogP contribution in [0.25, 0.3) is 0 Å². The number of hydrogen-bond acceptors (Lipinski definition) is 3. The highest BCUT2D eigenvalue weighted by molar-refractivity contribution is 9.10. The highest BCUT2D eigenvalue weighted by atomic mass is 79.9. The van der Waals surface area contributed by atoms with Gasteiger partial charge in [0.25, 0.3) is 0 Å². The van der Waals surface area contributed by atoms with Gasteiger partial charge in [-0.3, -0.25) is 0 Å². The number of aliphatic hydroxyl groups excluding tert-OH is 1. The van der Waals surface area contributed by atoms with Crippen LogP contribution >= 0.6 is 27.5 Å². The fourth-order valence-electron chi connectivity index (χ4n) is 2.93. The van der Waals surface area contributed by atoms with E-state index in [4.69, 9.17) is 16.3 Å². The zero-order valence-electron chi connectivity index (χ0n) is 11.8. The van der Waals surface area contributed by atoms with E-state index in [1.807, 2.05) is 31.2 Å². The van der Waals surface area contributed by atoms with Gasteiger partial charge in [0.05, 0.1) is 5.69 Å². The summed E-state index contributed by atoms with van der Waals surface area (Å²) >= 11 is 9.63. The monoisotopic (exact) mass is 367 g/mol. The van der Waals surface area contributed by atoms with E-state index in [2.05, 4.69) is 27.8 Å².